The van der Waals surface area contributed by atoms with Gasteiger partial charge in [-0.05, 0) is 6.92 Å². The molecule has 1 aromatic rings. The van der Waals surface area contributed by atoms with Crippen molar-refractivity contribution in [2.75, 3.05) is 7.11 Å². The van der Waals surface area contributed by atoms with E-state index in [1.807, 2.05) is 6.92 Å². The zero-order chi connectivity index (χ0) is 9.14. The van der Waals surface area contributed by atoms with Crippen molar-refractivity contribution in [1.29, 1.82) is 0 Å². The van der Waals surface area contributed by atoms with Gasteiger partial charge in [0.1, 0.15) is 6.61 Å². The fraction of sp³-hybridized carbons (Fsp3) is 0.714. The molecule has 0 unspecified atom stereocenters. The SMILES string of the molecule is CCn1nc(COC)n(C)c1=O. The highest BCUT2D eigenvalue weighted by molar-refractivity contribution is 4.83. The molecule has 0 spiro atoms. The van der Waals surface area contributed by atoms with E-state index in [9.17, 15) is 4.79 Å². The summed E-state index contributed by atoms with van der Waals surface area (Å²) in [6.45, 7) is 2.85. The fourth-order valence-corrected chi connectivity index (χ4v) is 0.994. The highest BCUT2D eigenvalue weighted by Crippen LogP contribution is 1.91. The molecule has 0 atom stereocenters. The van der Waals surface area contributed by atoms with E-state index in [-0.39, 0.29) is 5.69 Å². The van der Waals surface area contributed by atoms with Gasteiger partial charge in [0.15, 0.2) is 5.82 Å². The molecular weight excluding hydrogens is 158 g/mol. The smallest absolute Gasteiger partial charge is 0.345 e. The molecule has 0 amide bonds. The Kier molecular flexibility index (Phi) is 2.65. The average Bonchev–Trinajstić information content (AvgIpc) is 2.33. The van der Waals surface area contributed by atoms with Crippen LogP contribution in [0.15, 0.2) is 4.79 Å². The van der Waals surface area contributed by atoms with Gasteiger partial charge in [0.25, 0.3) is 0 Å². The van der Waals surface area contributed by atoms with Crippen molar-refractivity contribution >= 4 is 0 Å². The minimum absolute atomic E-state index is 0.0930. The first-order valence-corrected chi connectivity index (χ1v) is 3.82. The summed E-state index contributed by atoms with van der Waals surface area (Å²) in [5, 5.41) is 4.06. The van der Waals surface area contributed by atoms with Gasteiger partial charge in [0.05, 0.1) is 0 Å². The quantitative estimate of drug-likeness (QED) is 0.630. The Labute approximate surface area is 70.6 Å². The number of methoxy groups -OCH3 is 1. The highest BCUT2D eigenvalue weighted by atomic mass is 16.5. The summed E-state index contributed by atoms with van der Waals surface area (Å²) in [4.78, 5) is 11.3. The molecule has 0 saturated carbocycles. The summed E-state index contributed by atoms with van der Waals surface area (Å²) in [5.41, 5.74) is -0.0930. The van der Waals surface area contributed by atoms with Gasteiger partial charge in [-0.2, -0.15) is 5.10 Å². The lowest BCUT2D eigenvalue weighted by molar-refractivity contribution is 0.174. The maximum Gasteiger partial charge on any atom is 0.345 e. The zero-order valence-electron chi connectivity index (χ0n) is 7.57. The second-order valence-corrected chi connectivity index (χ2v) is 2.51. The Hall–Kier alpha value is -1.10. The van der Waals surface area contributed by atoms with Crippen LogP contribution in [0.5, 0.6) is 0 Å². The second-order valence-electron chi connectivity index (χ2n) is 2.51. The van der Waals surface area contributed by atoms with Crippen LogP contribution < -0.4 is 5.69 Å². The van der Waals surface area contributed by atoms with E-state index >= 15 is 0 Å². The van der Waals surface area contributed by atoms with Crippen molar-refractivity contribution in [3.8, 4) is 0 Å². The van der Waals surface area contributed by atoms with E-state index in [0.717, 1.165) is 0 Å². The summed E-state index contributed by atoms with van der Waals surface area (Å²) >= 11 is 0. The lowest BCUT2D eigenvalue weighted by Crippen LogP contribution is -2.22. The number of ether oxygens (including phenoxy) is 1. The summed E-state index contributed by atoms with van der Waals surface area (Å²) < 4.78 is 7.79. The van der Waals surface area contributed by atoms with Crippen LogP contribution in [-0.2, 0) is 24.9 Å². The number of rotatable bonds is 3. The van der Waals surface area contributed by atoms with Gasteiger partial charge in [0.2, 0.25) is 0 Å². The van der Waals surface area contributed by atoms with Crippen LogP contribution in [0, 0.1) is 0 Å². The number of hydrogen-bond acceptors (Lipinski definition) is 3. The third-order valence-corrected chi connectivity index (χ3v) is 1.70. The van der Waals surface area contributed by atoms with E-state index in [0.29, 0.717) is 19.0 Å². The Morgan fingerprint density at radius 2 is 2.25 bits per heavy atom. The van der Waals surface area contributed by atoms with Crippen LogP contribution in [0.1, 0.15) is 12.7 Å². The second kappa shape index (κ2) is 3.53. The highest BCUT2D eigenvalue weighted by Gasteiger charge is 2.07. The maximum absolute atomic E-state index is 11.3. The Bertz CT molecular complexity index is 313. The number of aromatic nitrogens is 3. The first-order chi connectivity index (χ1) is 5.70. The zero-order valence-corrected chi connectivity index (χ0v) is 7.57. The summed E-state index contributed by atoms with van der Waals surface area (Å²) in [5.74, 6) is 0.657. The molecule has 1 aromatic heterocycles. The van der Waals surface area contributed by atoms with Gasteiger partial charge >= 0.3 is 5.69 Å². The summed E-state index contributed by atoms with van der Waals surface area (Å²) in [7, 11) is 3.27. The van der Waals surface area contributed by atoms with Gasteiger partial charge in [-0.15, -0.1) is 0 Å². The molecule has 0 N–H and O–H groups in total. The third-order valence-electron chi connectivity index (χ3n) is 1.70. The molecule has 0 saturated heterocycles. The lowest BCUT2D eigenvalue weighted by Gasteiger charge is -1.94. The van der Waals surface area contributed by atoms with Crippen molar-refractivity contribution in [3.63, 3.8) is 0 Å². The molecule has 0 bridgehead atoms. The molecule has 0 radical (unpaired) electrons. The number of nitrogens with zero attached hydrogens (tertiary/aromatic N) is 3. The van der Waals surface area contributed by atoms with Gasteiger partial charge in [-0.3, -0.25) is 4.57 Å². The average molecular weight is 171 g/mol. The van der Waals surface area contributed by atoms with Crippen molar-refractivity contribution in [2.24, 2.45) is 7.05 Å². The minimum atomic E-state index is -0.0930. The first-order valence-electron chi connectivity index (χ1n) is 3.82. The van der Waals surface area contributed by atoms with Crippen LogP contribution >= 0.6 is 0 Å². The lowest BCUT2D eigenvalue weighted by atomic mass is 10.6. The normalized spacial score (nSPS) is 10.6. The predicted octanol–water partition coefficient (Wildman–Crippen LogP) is -0.252. The molecule has 1 rings (SSSR count). The van der Waals surface area contributed by atoms with Gasteiger partial charge in [-0.25, -0.2) is 9.48 Å². The maximum atomic E-state index is 11.3. The van der Waals surface area contributed by atoms with Gasteiger partial charge < -0.3 is 4.74 Å². The van der Waals surface area contributed by atoms with Crippen molar-refractivity contribution in [3.05, 3.63) is 16.3 Å². The number of hydrogen-bond donors (Lipinski definition) is 0. The molecule has 12 heavy (non-hydrogen) atoms. The van der Waals surface area contributed by atoms with E-state index < -0.39 is 0 Å². The van der Waals surface area contributed by atoms with Crippen LogP contribution in [0.3, 0.4) is 0 Å². The van der Waals surface area contributed by atoms with Crippen molar-refractivity contribution in [2.45, 2.75) is 20.1 Å². The molecule has 1 heterocycles. The molecule has 68 valence electrons. The third kappa shape index (κ3) is 1.40. The Morgan fingerprint density at radius 3 is 2.67 bits per heavy atom. The molecule has 0 aliphatic heterocycles. The Balaban J connectivity index is 3.07. The van der Waals surface area contributed by atoms with Crippen LogP contribution in [0.2, 0.25) is 0 Å². The molecule has 0 fully saturated rings. The van der Waals surface area contributed by atoms with E-state index in [1.165, 1.54) is 9.25 Å². The summed E-state index contributed by atoms with van der Waals surface area (Å²) in [6, 6.07) is 0. The molecule has 5 heteroatoms. The molecule has 0 aliphatic rings. The van der Waals surface area contributed by atoms with E-state index in [1.54, 1.807) is 14.2 Å². The van der Waals surface area contributed by atoms with Crippen molar-refractivity contribution in [1.82, 2.24) is 14.3 Å². The first kappa shape index (κ1) is 8.99. The van der Waals surface area contributed by atoms with Crippen LogP contribution in [0.25, 0.3) is 0 Å². The molecule has 0 aromatic carbocycles. The van der Waals surface area contributed by atoms with Crippen LogP contribution in [0.4, 0.5) is 0 Å². The summed E-state index contributed by atoms with van der Waals surface area (Å²) in [6.07, 6.45) is 0. The van der Waals surface area contributed by atoms with E-state index in [2.05, 4.69) is 5.10 Å². The topological polar surface area (TPSA) is 49.0 Å². The standard InChI is InChI=1S/C7H13N3O2/c1-4-10-7(11)9(2)6(8-10)5-12-3/h4-5H2,1-3H3. The van der Waals surface area contributed by atoms with Crippen LogP contribution in [-0.4, -0.2) is 21.5 Å². The molecule has 5 nitrogen and oxygen atoms in total. The monoisotopic (exact) mass is 171 g/mol. The van der Waals surface area contributed by atoms with Gasteiger partial charge in [0, 0.05) is 20.7 Å². The minimum Gasteiger partial charge on any atom is -0.377 e. The number of aryl methyl sites for hydroxylation is 1. The fourth-order valence-electron chi connectivity index (χ4n) is 0.994. The Morgan fingerprint density at radius 1 is 1.58 bits per heavy atom. The van der Waals surface area contributed by atoms with Crippen molar-refractivity contribution < 1.29 is 4.74 Å². The predicted molar refractivity (Wildman–Crippen MR) is 43.9 cm³/mol. The molecule has 0 aliphatic carbocycles. The van der Waals surface area contributed by atoms with Gasteiger partial charge in [-0.1, -0.05) is 0 Å². The van der Waals surface area contributed by atoms with E-state index in [4.69, 9.17) is 4.74 Å². The largest absolute Gasteiger partial charge is 0.377 e. The molecular formula is C7H13N3O2.